The predicted octanol–water partition coefficient (Wildman–Crippen LogP) is 2.50. The predicted molar refractivity (Wildman–Crippen MR) is 67.7 cm³/mol. The lowest BCUT2D eigenvalue weighted by Gasteiger charge is -2.31. The molecule has 3 heteroatoms. The summed E-state index contributed by atoms with van der Waals surface area (Å²) in [6, 6.07) is 0.679. The van der Waals surface area contributed by atoms with Crippen LogP contribution in [0.1, 0.15) is 52.4 Å². The van der Waals surface area contributed by atoms with Crippen LogP contribution in [0.15, 0.2) is 0 Å². The van der Waals surface area contributed by atoms with Gasteiger partial charge in [-0.15, -0.1) is 0 Å². The molecule has 0 bridgehead atoms. The van der Waals surface area contributed by atoms with Gasteiger partial charge in [-0.05, 0) is 43.9 Å². The highest BCUT2D eigenvalue weighted by Crippen LogP contribution is 2.31. The van der Waals surface area contributed by atoms with Gasteiger partial charge in [-0.25, -0.2) is 0 Å². The SMILES string of the molecule is CC1CCC(OC(=O)CCNC2CC2)CC1C. The van der Waals surface area contributed by atoms with Crippen molar-refractivity contribution in [3.05, 3.63) is 0 Å². The number of hydrogen-bond donors (Lipinski definition) is 1. The zero-order valence-corrected chi connectivity index (χ0v) is 11.1. The van der Waals surface area contributed by atoms with E-state index in [1.54, 1.807) is 0 Å². The number of hydrogen-bond acceptors (Lipinski definition) is 3. The quantitative estimate of drug-likeness (QED) is 0.749. The first kappa shape index (κ1) is 12.9. The first-order chi connectivity index (χ1) is 8.15. The Morgan fingerprint density at radius 3 is 2.59 bits per heavy atom. The monoisotopic (exact) mass is 239 g/mol. The molecule has 3 unspecified atom stereocenters. The van der Waals surface area contributed by atoms with Crippen molar-refractivity contribution in [3.63, 3.8) is 0 Å². The van der Waals surface area contributed by atoms with Crippen LogP contribution in [0.25, 0.3) is 0 Å². The maximum absolute atomic E-state index is 11.6. The van der Waals surface area contributed by atoms with Crippen LogP contribution in [0.4, 0.5) is 0 Å². The molecule has 3 atom stereocenters. The largest absolute Gasteiger partial charge is 0.462 e. The number of esters is 1. The van der Waals surface area contributed by atoms with Crippen LogP contribution in [0, 0.1) is 11.8 Å². The summed E-state index contributed by atoms with van der Waals surface area (Å²) in [5.41, 5.74) is 0. The van der Waals surface area contributed by atoms with Gasteiger partial charge in [-0.1, -0.05) is 13.8 Å². The molecule has 2 rings (SSSR count). The lowest BCUT2D eigenvalue weighted by Crippen LogP contribution is -2.30. The van der Waals surface area contributed by atoms with Crippen molar-refractivity contribution in [2.45, 2.75) is 64.5 Å². The summed E-state index contributed by atoms with van der Waals surface area (Å²) >= 11 is 0. The van der Waals surface area contributed by atoms with Crippen LogP contribution in [0.3, 0.4) is 0 Å². The highest BCUT2D eigenvalue weighted by Gasteiger charge is 2.27. The Morgan fingerprint density at radius 1 is 1.18 bits per heavy atom. The van der Waals surface area contributed by atoms with Gasteiger partial charge in [0, 0.05) is 12.6 Å². The summed E-state index contributed by atoms with van der Waals surface area (Å²) in [4.78, 5) is 11.6. The Kier molecular flexibility index (Phi) is 4.43. The van der Waals surface area contributed by atoms with E-state index < -0.39 is 0 Å². The van der Waals surface area contributed by atoms with Gasteiger partial charge in [0.05, 0.1) is 6.42 Å². The van der Waals surface area contributed by atoms with E-state index in [1.807, 2.05) is 0 Å². The van der Waals surface area contributed by atoms with Crippen molar-refractivity contribution in [1.29, 1.82) is 0 Å². The molecule has 0 aromatic rings. The van der Waals surface area contributed by atoms with Gasteiger partial charge in [-0.3, -0.25) is 4.79 Å². The minimum atomic E-state index is -0.0232. The molecule has 3 nitrogen and oxygen atoms in total. The van der Waals surface area contributed by atoms with Crippen LogP contribution < -0.4 is 5.32 Å². The minimum absolute atomic E-state index is 0.0232. The maximum atomic E-state index is 11.6. The average Bonchev–Trinajstić information content (AvgIpc) is 3.07. The summed E-state index contributed by atoms with van der Waals surface area (Å²) in [7, 11) is 0. The molecule has 2 saturated carbocycles. The molecule has 2 aliphatic carbocycles. The summed E-state index contributed by atoms with van der Waals surface area (Å²) < 4.78 is 5.53. The third kappa shape index (κ3) is 4.30. The lowest BCUT2D eigenvalue weighted by molar-refractivity contribution is -0.151. The molecule has 0 radical (unpaired) electrons. The first-order valence-electron chi connectivity index (χ1n) is 7.08. The molecular weight excluding hydrogens is 214 g/mol. The van der Waals surface area contributed by atoms with E-state index in [1.165, 1.54) is 19.3 Å². The van der Waals surface area contributed by atoms with Crippen LogP contribution in [-0.4, -0.2) is 24.7 Å². The van der Waals surface area contributed by atoms with Crippen molar-refractivity contribution in [2.24, 2.45) is 11.8 Å². The van der Waals surface area contributed by atoms with Gasteiger partial charge >= 0.3 is 5.97 Å². The number of nitrogens with one attached hydrogen (secondary N) is 1. The van der Waals surface area contributed by atoms with E-state index in [0.717, 1.165) is 25.3 Å². The fourth-order valence-corrected chi connectivity index (χ4v) is 2.52. The highest BCUT2D eigenvalue weighted by molar-refractivity contribution is 5.69. The molecule has 17 heavy (non-hydrogen) atoms. The van der Waals surface area contributed by atoms with Gasteiger partial charge in [-0.2, -0.15) is 0 Å². The summed E-state index contributed by atoms with van der Waals surface area (Å²) in [6.45, 7) is 5.34. The van der Waals surface area contributed by atoms with Crippen molar-refractivity contribution in [2.75, 3.05) is 6.54 Å². The van der Waals surface area contributed by atoms with Gasteiger partial charge in [0.1, 0.15) is 6.10 Å². The number of carbonyl (C=O) groups is 1. The Morgan fingerprint density at radius 2 is 1.94 bits per heavy atom. The Balaban J connectivity index is 1.60. The smallest absolute Gasteiger partial charge is 0.307 e. The zero-order valence-electron chi connectivity index (χ0n) is 11.1. The molecule has 98 valence electrons. The second-order valence-electron chi connectivity index (χ2n) is 5.86. The molecule has 2 aliphatic rings. The van der Waals surface area contributed by atoms with Crippen molar-refractivity contribution in [1.82, 2.24) is 5.32 Å². The average molecular weight is 239 g/mol. The second-order valence-corrected chi connectivity index (χ2v) is 5.86. The first-order valence-corrected chi connectivity index (χ1v) is 7.08. The molecule has 0 heterocycles. The van der Waals surface area contributed by atoms with E-state index in [-0.39, 0.29) is 12.1 Å². The lowest BCUT2D eigenvalue weighted by atomic mass is 9.80. The topological polar surface area (TPSA) is 38.3 Å². The molecule has 0 amide bonds. The van der Waals surface area contributed by atoms with Crippen molar-refractivity contribution in [3.8, 4) is 0 Å². The van der Waals surface area contributed by atoms with Crippen LogP contribution in [0.2, 0.25) is 0 Å². The molecule has 0 aromatic carbocycles. The van der Waals surface area contributed by atoms with E-state index in [0.29, 0.717) is 18.4 Å². The van der Waals surface area contributed by atoms with Crippen LogP contribution >= 0.6 is 0 Å². The number of carbonyl (C=O) groups excluding carboxylic acids is 1. The number of rotatable bonds is 5. The fourth-order valence-electron chi connectivity index (χ4n) is 2.52. The summed E-state index contributed by atoms with van der Waals surface area (Å²) in [5, 5.41) is 3.34. The Labute approximate surface area is 104 Å². The standard InChI is InChI=1S/C14H25NO2/c1-10-3-6-13(9-11(10)2)17-14(16)7-8-15-12-4-5-12/h10-13,15H,3-9H2,1-2H3. The minimum Gasteiger partial charge on any atom is -0.462 e. The normalized spacial score (nSPS) is 33.4. The second kappa shape index (κ2) is 5.85. The Bertz CT molecular complexity index is 263. The van der Waals surface area contributed by atoms with Gasteiger partial charge < -0.3 is 10.1 Å². The van der Waals surface area contributed by atoms with Gasteiger partial charge in [0.15, 0.2) is 0 Å². The summed E-state index contributed by atoms with van der Waals surface area (Å²) in [5.74, 6) is 1.44. The van der Waals surface area contributed by atoms with Crippen LogP contribution in [-0.2, 0) is 9.53 Å². The van der Waals surface area contributed by atoms with Gasteiger partial charge in [0.2, 0.25) is 0 Å². The molecule has 0 spiro atoms. The van der Waals surface area contributed by atoms with Gasteiger partial charge in [0.25, 0.3) is 0 Å². The molecule has 0 aromatic heterocycles. The fraction of sp³-hybridized carbons (Fsp3) is 0.929. The molecule has 2 fully saturated rings. The van der Waals surface area contributed by atoms with E-state index in [9.17, 15) is 4.79 Å². The summed E-state index contributed by atoms with van der Waals surface area (Å²) in [6.07, 6.45) is 6.53. The number of ether oxygens (including phenoxy) is 1. The molecule has 0 aliphatic heterocycles. The molecular formula is C14H25NO2. The molecule has 0 saturated heterocycles. The zero-order chi connectivity index (χ0) is 12.3. The van der Waals surface area contributed by atoms with E-state index in [2.05, 4.69) is 19.2 Å². The van der Waals surface area contributed by atoms with E-state index >= 15 is 0 Å². The third-order valence-electron chi connectivity index (χ3n) is 4.19. The highest BCUT2D eigenvalue weighted by atomic mass is 16.5. The Hall–Kier alpha value is -0.570. The molecule has 1 N–H and O–H groups in total. The van der Waals surface area contributed by atoms with E-state index in [4.69, 9.17) is 4.74 Å². The van der Waals surface area contributed by atoms with Crippen molar-refractivity contribution < 1.29 is 9.53 Å². The van der Waals surface area contributed by atoms with Crippen molar-refractivity contribution >= 4 is 5.97 Å². The maximum Gasteiger partial charge on any atom is 0.307 e. The van der Waals surface area contributed by atoms with Crippen LogP contribution in [0.5, 0.6) is 0 Å². The third-order valence-corrected chi connectivity index (χ3v) is 4.19.